The summed E-state index contributed by atoms with van der Waals surface area (Å²) in [5.41, 5.74) is 0.509. The first-order chi connectivity index (χ1) is 13.3. The van der Waals surface area contributed by atoms with Gasteiger partial charge in [0.1, 0.15) is 5.76 Å². The van der Waals surface area contributed by atoms with E-state index in [9.17, 15) is 4.79 Å². The van der Waals surface area contributed by atoms with Gasteiger partial charge in [0, 0.05) is 16.5 Å². The zero-order valence-corrected chi connectivity index (χ0v) is 18.8. The van der Waals surface area contributed by atoms with Gasteiger partial charge in [-0.1, -0.05) is 49.7 Å². The molecule has 1 aromatic carbocycles. The Labute approximate surface area is 177 Å². The number of aromatic nitrogens is 1. The molecule has 1 aliphatic rings. The van der Waals surface area contributed by atoms with Gasteiger partial charge in [-0.2, -0.15) is 0 Å². The SMILES string of the molecule is CC(C)(C)c1cc(NC(=O)Cc2ccc(B3OC(C)(C)C(C)(C)O3)cc2Cl)no1. The van der Waals surface area contributed by atoms with Gasteiger partial charge in [-0.05, 0) is 44.8 Å². The minimum atomic E-state index is -0.494. The van der Waals surface area contributed by atoms with Gasteiger partial charge < -0.3 is 19.1 Å². The van der Waals surface area contributed by atoms with Crippen molar-refractivity contribution in [3.63, 3.8) is 0 Å². The van der Waals surface area contributed by atoms with E-state index in [0.29, 0.717) is 22.2 Å². The van der Waals surface area contributed by atoms with Crippen molar-refractivity contribution in [2.75, 3.05) is 5.32 Å². The average Bonchev–Trinajstić information content (AvgIpc) is 3.11. The van der Waals surface area contributed by atoms with Crippen LogP contribution in [-0.4, -0.2) is 29.4 Å². The second-order valence-corrected chi connectivity index (χ2v) is 9.90. The predicted molar refractivity (Wildman–Crippen MR) is 115 cm³/mol. The maximum Gasteiger partial charge on any atom is 0.494 e. The maximum atomic E-state index is 12.4. The summed E-state index contributed by atoms with van der Waals surface area (Å²) >= 11 is 6.44. The van der Waals surface area contributed by atoms with Crippen LogP contribution in [0.4, 0.5) is 5.82 Å². The fourth-order valence-electron chi connectivity index (χ4n) is 2.88. The van der Waals surface area contributed by atoms with Crippen LogP contribution in [-0.2, 0) is 25.9 Å². The molecule has 1 aromatic heterocycles. The van der Waals surface area contributed by atoms with Crippen LogP contribution in [0.15, 0.2) is 28.8 Å². The summed E-state index contributed by atoms with van der Waals surface area (Å²) in [6.45, 7) is 14.1. The lowest BCUT2D eigenvalue weighted by Gasteiger charge is -2.32. The van der Waals surface area contributed by atoms with Crippen molar-refractivity contribution in [2.45, 2.75) is 71.5 Å². The van der Waals surface area contributed by atoms with Crippen LogP contribution in [0.1, 0.15) is 59.8 Å². The molecule has 0 radical (unpaired) electrons. The summed E-state index contributed by atoms with van der Waals surface area (Å²) in [5.74, 6) is 0.881. The predicted octanol–water partition coefficient (Wildman–Crippen LogP) is 4.11. The molecule has 156 valence electrons. The molecule has 0 atom stereocenters. The Morgan fingerprint density at radius 1 is 1.14 bits per heavy atom. The molecule has 1 saturated heterocycles. The van der Waals surface area contributed by atoms with Gasteiger partial charge in [-0.15, -0.1) is 0 Å². The molecule has 6 nitrogen and oxygen atoms in total. The number of anilines is 1. The zero-order valence-electron chi connectivity index (χ0n) is 18.1. The number of rotatable bonds is 4. The molecule has 2 heterocycles. The lowest BCUT2D eigenvalue weighted by molar-refractivity contribution is -0.115. The third-order valence-electron chi connectivity index (χ3n) is 5.47. The van der Waals surface area contributed by atoms with E-state index in [1.165, 1.54) is 0 Å². The van der Waals surface area contributed by atoms with E-state index in [4.69, 9.17) is 25.4 Å². The van der Waals surface area contributed by atoms with Gasteiger partial charge >= 0.3 is 7.12 Å². The monoisotopic (exact) mass is 418 g/mol. The molecule has 0 aliphatic carbocycles. The Balaban J connectivity index is 1.67. The Kier molecular flexibility index (Phi) is 5.62. The van der Waals surface area contributed by atoms with E-state index in [1.54, 1.807) is 12.1 Å². The van der Waals surface area contributed by atoms with Crippen LogP contribution in [0.3, 0.4) is 0 Å². The number of benzene rings is 1. The maximum absolute atomic E-state index is 12.4. The zero-order chi connectivity index (χ0) is 21.6. The Hall–Kier alpha value is -1.83. The van der Waals surface area contributed by atoms with E-state index in [-0.39, 0.29) is 17.7 Å². The van der Waals surface area contributed by atoms with E-state index in [0.717, 1.165) is 5.46 Å². The smallest absolute Gasteiger partial charge is 0.399 e. The largest absolute Gasteiger partial charge is 0.494 e. The lowest BCUT2D eigenvalue weighted by Crippen LogP contribution is -2.41. The first-order valence-corrected chi connectivity index (χ1v) is 10.1. The molecule has 1 amide bonds. The number of hydrogen-bond donors (Lipinski definition) is 1. The number of carbonyl (C=O) groups excluding carboxylic acids is 1. The van der Waals surface area contributed by atoms with Gasteiger partial charge in [0.25, 0.3) is 0 Å². The highest BCUT2D eigenvalue weighted by atomic mass is 35.5. The van der Waals surface area contributed by atoms with Crippen molar-refractivity contribution in [3.8, 4) is 0 Å². The molecule has 29 heavy (non-hydrogen) atoms. The second-order valence-electron chi connectivity index (χ2n) is 9.49. The number of amides is 1. The van der Waals surface area contributed by atoms with E-state index >= 15 is 0 Å². The fraction of sp³-hybridized carbons (Fsp3) is 0.524. The van der Waals surface area contributed by atoms with Crippen molar-refractivity contribution in [1.82, 2.24) is 5.16 Å². The molecular formula is C21H28BClN2O4. The lowest BCUT2D eigenvalue weighted by atomic mass is 9.78. The van der Waals surface area contributed by atoms with E-state index in [2.05, 4.69) is 10.5 Å². The van der Waals surface area contributed by atoms with E-state index < -0.39 is 18.3 Å². The van der Waals surface area contributed by atoms with Crippen LogP contribution < -0.4 is 10.8 Å². The Bertz CT molecular complexity index is 902. The van der Waals surface area contributed by atoms with Gasteiger partial charge in [0.05, 0.1) is 17.6 Å². The summed E-state index contributed by atoms with van der Waals surface area (Å²) in [6.07, 6.45) is 0.125. The van der Waals surface area contributed by atoms with Crippen molar-refractivity contribution in [2.24, 2.45) is 0 Å². The molecule has 1 aliphatic heterocycles. The Morgan fingerprint density at radius 3 is 2.28 bits per heavy atom. The van der Waals surface area contributed by atoms with Crippen LogP contribution in [0.2, 0.25) is 5.02 Å². The van der Waals surface area contributed by atoms with Gasteiger partial charge in [-0.3, -0.25) is 4.79 Å². The Morgan fingerprint density at radius 2 is 1.76 bits per heavy atom. The van der Waals surface area contributed by atoms with Crippen LogP contribution in [0.5, 0.6) is 0 Å². The number of nitrogens with zero attached hydrogens (tertiary/aromatic N) is 1. The highest BCUT2D eigenvalue weighted by Gasteiger charge is 2.51. The number of carbonyl (C=O) groups is 1. The molecule has 3 rings (SSSR count). The molecular weight excluding hydrogens is 391 g/mol. The molecule has 0 spiro atoms. The standard InChI is InChI=1S/C21H28BClN2O4/c1-19(2,3)16-12-17(25-27-16)24-18(26)10-13-8-9-14(11-15(13)23)22-28-20(4,5)21(6,7)29-22/h8-9,11-12H,10H2,1-7H3,(H,24,25,26). The summed E-state index contributed by atoms with van der Waals surface area (Å²) in [4.78, 5) is 12.4. The van der Waals surface area contributed by atoms with Crippen molar-refractivity contribution in [1.29, 1.82) is 0 Å². The number of nitrogens with one attached hydrogen (secondary N) is 1. The fourth-order valence-corrected chi connectivity index (χ4v) is 3.14. The highest BCUT2D eigenvalue weighted by Crippen LogP contribution is 2.36. The van der Waals surface area contributed by atoms with Crippen LogP contribution in [0.25, 0.3) is 0 Å². The first kappa shape index (κ1) is 21.9. The minimum Gasteiger partial charge on any atom is -0.399 e. The summed E-state index contributed by atoms with van der Waals surface area (Å²) in [7, 11) is -0.494. The normalized spacial score (nSPS) is 18.1. The van der Waals surface area contributed by atoms with Gasteiger partial charge in [0.2, 0.25) is 5.91 Å². The third kappa shape index (κ3) is 4.68. The molecule has 2 aromatic rings. The topological polar surface area (TPSA) is 73.6 Å². The van der Waals surface area contributed by atoms with Crippen LogP contribution in [0, 0.1) is 0 Å². The van der Waals surface area contributed by atoms with E-state index in [1.807, 2.05) is 60.6 Å². The number of hydrogen-bond acceptors (Lipinski definition) is 5. The molecule has 1 N–H and O–H groups in total. The minimum absolute atomic E-state index is 0.125. The average molecular weight is 419 g/mol. The third-order valence-corrected chi connectivity index (χ3v) is 5.82. The quantitative estimate of drug-likeness (QED) is 0.757. The summed E-state index contributed by atoms with van der Waals surface area (Å²) in [6, 6.07) is 7.23. The van der Waals surface area contributed by atoms with Crippen molar-refractivity contribution < 1.29 is 18.6 Å². The highest BCUT2D eigenvalue weighted by molar-refractivity contribution is 6.62. The molecule has 0 unspecified atom stereocenters. The second kappa shape index (κ2) is 7.45. The van der Waals surface area contributed by atoms with Crippen LogP contribution >= 0.6 is 11.6 Å². The van der Waals surface area contributed by atoms with Crippen molar-refractivity contribution in [3.05, 3.63) is 40.6 Å². The summed E-state index contributed by atoms with van der Waals surface area (Å²) in [5, 5.41) is 7.15. The first-order valence-electron chi connectivity index (χ1n) is 9.69. The molecule has 8 heteroatoms. The molecule has 1 fully saturated rings. The molecule has 0 saturated carbocycles. The number of halogens is 1. The van der Waals surface area contributed by atoms with Crippen molar-refractivity contribution >= 4 is 35.9 Å². The summed E-state index contributed by atoms with van der Waals surface area (Å²) < 4.78 is 17.4. The molecule has 0 bridgehead atoms. The van der Waals surface area contributed by atoms with Gasteiger partial charge in [0.15, 0.2) is 5.82 Å². The van der Waals surface area contributed by atoms with Gasteiger partial charge in [-0.25, -0.2) is 0 Å².